The van der Waals surface area contributed by atoms with Crippen LogP contribution in [0.5, 0.6) is 0 Å². The SMILES string of the molecule is Cc1cccc(C(=O)N2CCCN(c3ccc(=O)n(-c4ccccc4)n3)CC2)c1. The Morgan fingerprint density at radius 2 is 1.72 bits per heavy atom. The first-order valence-corrected chi connectivity index (χ1v) is 9.88. The Morgan fingerprint density at radius 1 is 0.897 bits per heavy atom. The van der Waals surface area contributed by atoms with Crippen molar-refractivity contribution in [1.82, 2.24) is 14.7 Å². The number of para-hydroxylation sites is 1. The van der Waals surface area contributed by atoms with Crippen LogP contribution in [-0.4, -0.2) is 46.8 Å². The zero-order valence-corrected chi connectivity index (χ0v) is 16.5. The smallest absolute Gasteiger partial charge is 0.271 e. The minimum atomic E-state index is -0.161. The number of carbonyl (C=O) groups is 1. The number of aromatic nitrogens is 2. The summed E-state index contributed by atoms with van der Waals surface area (Å²) in [6, 6.07) is 20.4. The highest BCUT2D eigenvalue weighted by molar-refractivity contribution is 5.94. The van der Waals surface area contributed by atoms with Gasteiger partial charge in [0, 0.05) is 37.8 Å². The van der Waals surface area contributed by atoms with Crippen LogP contribution >= 0.6 is 0 Å². The third-order valence-electron chi connectivity index (χ3n) is 5.16. The van der Waals surface area contributed by atoms with Gasteiger partial charge in [0.25, 0.3) is 11.5 Å². The van der Waals surface area contributed by atoms with Crippen molar-refractivity contribution in [2.45, 2.75) is 13.3 Å². The molecule has 0 aliphatic carbocycles. The maximum atomic E-state index is 12.9. The highest BCUT2D eigenvalue weighted by atomic mass is 16.2. The molecule has 1 aliphatic heterocycles. The number of hydrogen-bond donors (Lipinski definition) is 0. The van der Waals surface area contributed by atoms with Crippen molar-refractivity contribution in [2.75, 3.05) is 31.1 Å². The fraction of sp³-hybridized carbons (Fsp3) is 0.261. The molecule has 3 aromatic rings. The first-order valence-electron chi connectivity index (χ1n) is 9.88. The van der Waals surface area contributed by atoms with E-state index in [1.54, 1.807) is 12.1 Å². The number of carbonyl (C=O) groups excluding carboxylic acids is 1. The summed E-state index contributed by atoms with van der Waals surface area (Å²) in [5, 5.41) is 4.57. The minimum absolute atomic E-state index is 0.0674. The molecule has 148 valence electrons. The van der Waals surface area contributed by atoms with Crippen LogP contribution in [0.3, 0.4) is 0 Å². The summed E-state index contributed by atoms with van der Waals surface area (Å²) in [6.45, 7) is 4.80. The average molecular weight is 388 g/mol. The molecule has 0 unspecified atom stereocenters. The lowest BCUT2D eigenvalue weighted by Crippen LogP contribution is -2.36. The van der Waals surface area contributed by atoms with Gasteiger partial charge in [-0.05, 0) is 43.7 Å². The third-order valence-corrected chi connectivity index (χ3v) is 5.16. The van der Waals surface area contributed by atoms with Crippen molar-refractivity contribution in [3.8, 4) is 5.69 Å². The lowest BCUT2D eigenvalue weighted by atomic mass is 10.1. The van der Waals surface area contributed by atoms with Crippen molar-refractivity contribution < 1.29 is 4.79 Å². The number of nitrogens with zero attached hydrogens (tertiary/aromatic N) is 4. The molecule has 29 heavy (non-hydrogen) atoms. The topological polar surface area (TPSA) is 58.4 Å². The largest absolute Gasteiger partial charge is 0.353 e. The first kappa shape index (κ1) is 18.9. The summed E-state index contributed by atoms with van der Waals surface area (Å²) in [5.41, 5.74) is 2.39. The number of hydrogen-bond acceptors (Lipinski definition) is 4. The van der Waals surface area contributed by atoms with Crippen LogP contribution in [0, 0.1) is 6.92 Å². The normalized spacial score (nSPS) is 14.5. The number of rotatable bonds is 3. The first-order chi connectivity index (χ1) is 14.1. The molecule has 6 heteroatoms. The molecule has 2 heterocycles. The van der Waals surface area contributed by atoms with E-state index in [4.69, 9.17) is 0 Å². The zero-order valence-electron chi connectivity index (χ0n) is 16.5. The van der Waals surface area contributed by atoms with Gasteiger partial charge in [-0.25, -0.2) is 0 Å². The van der Waals surface area contributed by atoms with Crippen LogP contribution in [0.25, 0.3) is 5.69 Å². The van der Waals surface area contributed by atoms with E-state index in [2.05, 4.69) is 10.00 Å². The maximum Gasteiger partial charge on any atom is 0.271 e. The van der Waals surface area contributed by atoms with E-state index in [0.29, 0.717) is 19.6 Å². The molecule has 6 nitrogen and oxygen atoms in total. The van der Waals surface area contributed by atoms with Gasteiger partial charge in [-0.15, -0.1) is 5.10 Å². The van der Waals surface area contributed by atoms with Crippen molar-refractivity contribution >= 4 is 11.7 Å². The van der Waals surface area contributed by atoms with Gasteiger partial charge in [-0.3, -0.25) is 9.59 Å². The molecule has 1 aromatic heterocycles. The highest BCUT2D eigenvalue weighted by Gasteiger charge is 2.21. The Hall–Kier alpha value is -3.41. The van der Waals surface area contributed by atoms with E-state index in [0.717, 1.165) is 35.6 Å². The predicted molar refractivity (Wildman–Crippen MR) is 114 cm³/mol. The van der Waals surface area contributed by atoms with E-state index in [1.807, 2.05) is 66.4 Å². The van der Waals surface area contributed by atoms with Crippen LogP contribution < -0.4 is 10.5 Å². The standard InChI is InChI=1S/C23H24N4O2/c1-18-7-5-8-19(17-18)23(29)26-14-6-13-25(15-16-26)21-11-12-22(28)27(24-21)20-9-3-2-4-10-20/h2-5,7-12,17H,6,13-16H2,1H3. The van der Waals surface area contributed by atoms with Crippen LogP contribution in [0.15, 0.2) is 71.5 Å². The van der Waals surface area contributed by atoms with Gasteiger partial charge in [0.05, 0.1) is 5.69 Å². The summed E-state index contributed by atoms with van der Waals surface area (Å²) < 4.78 is 1.43. The molecule has 1 saturated heterocycles. The Balaban J connectivity index is 1.52. The zero-order chi connectivity index (χ0) is 20.2. The lowest BCUT2D eigenvalue weighted by Gasteiger charge is -2.23. The van der Waals surface area contributed by atoms with Gasteiger partial charge in [-0.1, -0.05) is 35.9 Å². The Morgan fingerprint density at radius 3 is 2.52 bits per heavy atom. The Bertz CT molecular complexity index is 1060. The molecule has 4 rings (SSSR count). The molecule has 0 atom stereocenters. The predicted octanol–water partition coefficient (Wildman–Crippen LogP) is 2.89. The molecule has 1 aliphatic rings. The van der Waals surface area contributed by atoms with Gasteiger partial charge in [0.1, 0.15) is 5.82 Å². The molecule has 1 amide bonds. The minimum Gasteiger partial charge on any atom is -0.353 e. The summed E-state index contributed by atoms with van der Waals surface area (Å²) in [6.07, 6.45) is 0.851. The van der Waals surface area contributed by atoms with E-state index in [1.165, 1.54) is 4.68 Å². The van der Waals surface area contributed by atoms with Crippen LogP contribution in [0.4, 0.5) is 5.82 Å². The van der Waals surface area contributed by atoms with Gasteiger partial charge in [0.15, 0.2) is 0 Å². The second-order valence-electron chi connectivity index (χ2n) is 7.28. The third kappa shape index (κ3) is 4.21. The molecule has 0 spiro atoms. The van der Waals surface area contributed by atoms with E-state index < -0.39 is 0 Å². The van der Waals surface area contributed by atoms with Crippen LogP contribution in [0.2, 0.25) is 0 Å². The van der Waals surface area contributed by atoms with Gasteiger partial charge in [-0.2, -0.15) is 4.68 Å². The second kappa shape index (κ2) is 8.31. The summed E-state index contributed by atoms with van der Waals surface area (Å²) in [4.78, 5) is 29.2. The molecule has 0 saturated carbocycles. The van der Waals surface area contributed by atoms with Crippen molar-refractivity contribution in [3.63, 3.8) is 0 Å². The summed E-state index contributed by atoms with van der Waals surface area (Å²) in [5.74, 6) is 0.816. The molecule has 0 radical (unpaired) electrons. The molecule has 2 aromatic carbocycles. The molecule has 1 fully saturated rings. The van der Waals surface area contributed by atoms with Crippen molar-refractivity contribution in [3.05, 3.63) is 88.2 Å². The fourth-order valence-electron chi connectivity index (χ4n) is 3.63. The Kier molecular flexibility index (Phi) is 5.42. The molecular weight excluding hydrogens is 364 g/mol. The summed E-state index contributed by atoms with van der Waals surface area (Å²) >= 11 is 0. The molecule has 0 bridgehead atoms. The molecular formula is C23H24N4O2. The van der Waals surface area contributed by atoms with Gasteiger partial charge in [0.2, 0.25) is 0 Å². The lowest BCUT2D eigenvalue weighted by molar-refractivity contribution is 0.0767. The quantitative estimate of drug-likeness (QED) is 0.692. The van der Waals surface area contributed by atoms with Crippen LogP contribution in [0.1, 0.15) is 22.3 Å². The summed E-state index contributed by atoms with van der Waals surface area (Å²) in [7, 11) is 0. The van der Waals surface area contributed by atoms with Gasteiger partial charge >= 0.3 is 0 Å². The monoisotopic (exact) mass is 388 g/mol. The fourth-order valence-corrected chi connectivity index (χ4v) is 3.63. The van der Waals surface area contributed by atoms with E-state index >= 15 is 0 Å². The van der Waals surface area contributed by atoms with Gasteiger partial charge < -0.3 is 9.80 Å². The van der Waals surface area contributed by atoms with Crippen LogP contribution in [-0.2, 0) is 0 Å². The average Bonchev–Trinajstić information content (AvgIpc) is 3.00. The van der Waals surface area contributed by atoms with Crippen molar-refractivity contribution in [2.24, 2.45) is 0 Å². The Labute approximate surface area is 170 Å². The maximum absolute atomic E-state index is 12.9. The number of aryl methyl sites for hydroxylation is 1. The van der Waals surface area contributed by atoms with E-state index in [-0.39, 0.29) is 11.5 Å². The van der Waals surface area contributed by atoms with Crippen molar-refractivity contribution in [1.29, 1.82) is 0 Å². The molecule has 0 N–H and O–H groups in total. The number of anilines is 1. The highest BCUT2D eigenvalue weighted by Crippen LogP contribution is 2.16. The van der Waals surface area contributed by atoms with E-state index in [9.17, 15) is 9.59 Å². The number of amides is 1. The number of benzene rings is 2. The second-order valence-corrected chi connectivity index (χ2v) is 7.28.